The van der Waals surface area contributed by atoms with Crippen LogP contribution in [0.3, 0.4) is 0 Å². The van der Waals surface area contributed by atoms with Crippen LogP contribution in [-0.4, -0.2) is 16.1 Å². The molecule has 2 rings (SSSR count). The molecule has 1 heterocycles. The molecule has 0 spiro atoms. The first-order chi connectivity index (χ1) is 7.18. The number of rotatable bonds is 2. The lowest BCUT2D eigenvalue weighted by molar-refractivity contribution is -0.136. The Morgan fingerprint density at radius 2 is 2.13 bits per heavy atom. The maximum Gasteiger partial charge on any atom is 0.307 e. The van der Waals surface area contributed by atoms with Gasteiger partial charge in [-0.15, -0.1) is 0 Å². The molecule has 0 fully saturated rings. The molecule has 3 nitrogen and oxygen atoms in total. The quantitative estimate of drug-likeness (QED) is 0.810. The highest BCUT2D eigenvalue weighted by atomic mass is 16.4. The predicted octanol–water partition coefficient (Wildman–Crippen LogP) is 2.17. The van der Waals surface area contributed by atoms with Crippen LogP contribution in [-0.2, 0) is 11.2 Å². The standard InChI is InChI=1S/C12H11NO2/c1-8-9(6-12(14)15)7-13-11-5-3-2-4-10(8)11/h2-5,7H,6H2,1H3,(H,14,15). The Balaban J connectivity index is 2.59. The van der Waals surface area contributed by atoms with E-state index in [1.54, 1.807) is 6.20 Å². The maximum absolute atomic E-state index is 10.6. The predicted molar refractivity (Wildman–Crippen MR) is 57.8 cm³/mol. The maximum atomic E-state index is 10.6. The summed E-state index contributed by atoms with van der Waals surface area (Å²) in [6.07, 6.45) is 1.68. The molecule has 0 aliphatic rings. The van der Waals surface area contributed by atoms with Gasteiger partial charge in [-0.3, -0.25) is 9.78 Å². The van der Waals surface area contributed by atoms with Crippen molar-refractivity contribution in [3.05, 3.63) is 41.6 Å². The van der Waals surface area contributed by atoms with Crippen LogP contribution in [0.25, 0.3) is 10.9 Å². The molecule has 1 aromatic heterocycles. The SMILES string of the molecule is Cc1c(CC(=O)O)cnc2ccccc12. The summed E-state index contributed by atoms with van der Waals surface area (Å²) in [6.45, 7) is 1.93. The number of aliphatic carboxylic acids is 1. The fourth-order valence-corrected chi connectivity index (χ4v) is 1.66. The van der Waals surface area contributed by atoms with Crippen molar-refractivity contribution in [2.75, 3.05) is 0 Å². The third kappa shape index (κ3) is 1.81. The first kappa shape index (κ1) is 9.65. The summed E-state index contributed by atoms with van der Waals surface area (Å²) >= 11 is 0. The number of aryl methyl sites for hydroxylation is 1. The second-order valence-corrected chi connectivity index (χ2v) is 3.50. The summed E-state index contributed by atoms with van der Waals surface area (Å²) in [6, 6.07) is 7.74. The lowest BCUT2D eigenvalue weighted by Gasteiger charge is -2.06. The summed E-state index contributed by atoms with van der Waals surface area (Å²) < 4.78 is 0. The Morgan fingerprint density at radius 1 is 1.40 bits per heavy atom. The molecule has 1 aromatic carbocycles. The molecule has 1 N–H and O–H groups in total. The monoisotopic (exact) mass is 201 g/mol. The fourth-order valence-electron chi connectivity index (χ4n) is 1.66. The summed E-state index contributed by atoms with van der Waals surface area (Å²) in [7, 11) is 0. The van der Waals surface area contributed by atoms with Crippen molar-refractivity contribution in [2.45, 2.75) is 13.3 Å². The molecule has 0 aliphatic carbocycles. The minimum absolute atomic E-state index is 0.0314. The lowest BCUT2D eigenvalue weighted by Crippen LogP contribution is -2.03. The van der Waals surface area contributed by atoms with E-state index in [1.807, 2.05) is 31.2 Å². The minimum atomic E-state index is -0.824. The molecule has 0 atom stereocenters. The number of fused-ring (bicyclic) bond motifs is 1. The molecular formula is C12H11NO2. The minimum Gasteiger partial charge on any atom is -0.481 e. The Kier molecular flexibility index (Phi) is 2.37. The third-order valence-corrected chi connectivity index (χ3v) is 2.49. The number of aromatic nitrogens is 1. The van der Waals surface area contributed by atoms with Gasteiger partial charge in [-0.1, -0.05) is 18.2 Å². The van der Waals surface area contributed by atoms with Gasteiger partial charge in [0.25, 0.3) is 0 Å². The highest BCUT2D eigenvalue weighted by molar-refractivity contribution is 5.84. The number of carboxylic acid groups (broad SMARTS) is 1. The number of hydrogen-bond donors (Lipinski definition) is 1. The molecule has 0 aliphatic heterocycles. The Hall–Kier alpha value is -1.90. The lowest BCUT2D eigenvalue weighted by atomic mass is 10.0. The van der Waals surface area contributed by atoms with Crippen LogP contribution in [0.1, 0.15) is 11.1 Å². The first-order valence-electron chi connectivity index (χ1n) is 4.73. The van der Waals surface area contributed by atoms with E-state index in [0.717, 1.165) is 22.0 Å². The Bertz CT molecular complexity index is 520. The molecule has 0 bridgehead atoms. The molecule has 2 aromatic rings. The van der Waals surface area contributed by atoms with Crippen molar-refractivity contribution < 1.29 is 9.90 Å². The van der Waals surface area contributed by atoms with Gasteiger partial charge in [0.1, 0.15) is 0 Å². The van der Waals surface area contributed by atoms with Gasteiger partial charge in [-0.2, -0.15) is 0 Å². The molecule has 0 amide bonds. The van der Waals surface area contributed by atoms with Crippen LogP contribution in [0.2, 0.25) is 0 Å². The van der Waals surface area contributed by atoms with Crippen LogP contribution < -0.4 is 0 Å². The third-order valence-electron chi connectivity index (χ3n) is 2.49. The van der Waals surface area contributed by atoms with Crippen LogP contribution in [0, 0.1) is 6.92 Å². The van der Waals surface area contributed by atoms with E-state index in [0.29, 0.717) is 0 Å². The second kappa shape index (κ2) is 3.69. The summed E-state index contributed by atoms with van der Waals surface area (Å²) in [4.78, 5) is 14.9. The number of carboxylic acids is 1. The van der Waals surface area contributed by atoms with Crippen LogP contribution in [0.4, 0.5) is 0 Å². The van der Waals surface area contributed by atoms with Crippen molar-refractivity contribution in [1.29, 1.82) is 0 Å². The zero-order chi connectivity index (χ0) is 10.8. The van der Waals surface area contributed by atoms with Crippen LogP contribution >= 0.6 is 0 Å². The molecule has 76 valence electrons. The van der Waals surface area contributed by atoms with Crippen LogP contribution in [0.15, 0.2) is 30.5 Å². The van der Waals surface area contributed by atoms with Gasteiger partial charge in [0.15, 0.2) is 0 Å². The van der Waals surface area contributed by atoms with E-state index < -0.39 is 5.97 Å². The highest BCUT2D eigenvalue weighted by Crippen LogP contribution is 2.19. The number of benzene rings is 1. The molecule has 0 unspecified atom stereocenters. The summed E-state index contributed by atoms with van der Waals surface area (Å²) in [5, 5.41) is 9.76. The highest BCUT2D eigenvalue weighted by Gasteiger charge is 2.07. The van der Waals surface area contributed by atoms with Gasteiger partial charge in [0.05, 0.1) is 11.9 Å². The fraction of sp³-hybridized carbons (Fsp3) is 0.167. The summed E-state index contributed by atoms with van der Waals surface area (Å²) in [5.41, 5.74) is 2.69. The van der Waals surface area contributed by atoms with Gasteiger partial charge < -0.3 is 5.11 Å². The summed E-state index contributed by atoms with van der Waals surface area (Å²) in [5.74, 6) is -0.824. The van der Waals surface area contributed by atoms with Gasteiger partial charge in [-0.05, 0) is 24.1 Å². The molecular weight excluding hydrogens is 190 g/mol. The smallest absolute Gasteiger partial charge is 0.307 e. The number of nitrogens with zero attached hydrogens (tertiary/aromatic N) is 1. The average molecular weight is 201 g/mol. The molecule has 3 heteroatoms. The van der Waals surface area contributed by atoms with E-state index in [1.165, 1.54) is 0 Å². The zero-order valence-corrected chi connectivity index (χ0v) is 8.40. The largest absolute Gasteiger partial charge is 0.481 e. The van der Waals surface area contributed by atoms with Crippen molar-refractivity contribution in [1.82, 2.24) is 4.98 Å². The van der Waals surface area contributed by atoms with E-state index in [9.17, 15) is 4.79 Å². The van der Waals surface area contributed by atoms with E-state index in [4.69, 9.17) is 5.11 Å². The number of carbonyl (C=O) groups is 1. The van der Waals surface area contributed by atoms with Gasteiger partial charge in [0.2, 0.25) is 0 Å². The molecule has 0 saturated carbocycles. The first-order valence-corrected chi connectivity index (χ1v) is 4.73. The number of para-hydroxylation sites is 1. The van der Waals surface area contributed by atoms with E-state index in [2.05, 4.69) is 4.98 Å². The zero-order valence-electron chi connectivity index (χ0n) is 8.40. The number of pyridine rings is 1. The van der Waals surface area contributed by atoms with E-state index in [-0.39, 0.29) is 6.42 Å². The van der Waals surface area contributed by atoms with Gasteiger partial charge in [0, 0.05) is 11.6 Å². The topological polar surface area (TPSA) is 50.2 Å². The number of hydrogen-bond acceptors (Lipinski definition) is 2. The van der Waals surface area contributed by atoms with Gasteiger partial charge in [-0.25, -0.2) is 0 Å². The van der Waals surface area contributed by atoms with Crippen molar-refractivity contribution in [3.8, 4) is 0 Å². The Morgan fingerprint density at radius 3 is 2.87 bits per heavy atom. The molecule has 0 radical (unpaired) electrons. The Labute approximate surface area is 87.4 Å². The van der Waals surface area contributed by atoms with Crippen molar-refractivity contribution in [3.63, 3.8) is 0 Å². The van der Waals surface area contributed by atoms with Crippen molar-refractivity contribution >= 4 is 16.9 Å². The van der Waals surface area contributed by atoms with E-state index >= 15 is 0 Å². The molecule has 15 heavy (non-hydrogen) atoms. The second-order valence-electron chi connectivity index (χ2n) is 3.50. The average Bonchev–Trinajstić information content (AvgIpc) is 2.22. The normalized spacial score (nSPS) is 10.5. The van der Waals surface area contributed by atoms with Crippen molar-refractivity contribution in [2.24, 2.45) is 0 Å². The molecule has 0 saturated heterocycles. The van der Waals surface area contributed by atoms with Crippen LogP contribution in [0.5, 0.6) is 0 Å². The van der Waals surface area contributed by atoms with Gasteiger partial charge >= 0.3 is 5.97 Å².